The number of halogens is 1. The molecule has 4 rings (SSSR count). The second-order valence-corrected chi connectivity index (χ2v) is 8.01. The molecule has 5 nitrogen and oxygen atoms in total. The molecule has 0 N–H and O–H groups in total. The van der Waals surface area contributed by atoms with E-state index in [0.717, 1.165) is 26.6 Å². The number of hydrogen-bond donors (Lipinski definition) is 0. The third-order valence-corrected chi connectivity index (χ3v) is 4.80. The molecule has 0 bridgehead atoms. The number of carbonyl (C=O) groups excluding carboxylic acids is 1. The lowest BCUT2D eigenvalue weighted by molar-refractivity contribution is 0.0539. The van der Waals surface area contributed by atoms with Crippen LogP contribution in [0.4, 0.5) is 4.79 Å². The summed E-state index contributed by atoms with van der Waals surface area (Å²) >= 11 is 6.35. The van der Waals surface area contributed by atoms with Crippen LogP contribution in [-0.2, 0) is 4.74 Å². The predicted molar refractivity (Wildman–Crippen MR) is 108 cm³/mol. The van der Waals surface area contributed by atoms with Crippen LogP contribution in [0, 0.1) is 6.92 Å². The van der Waals surface area contributed by atoms with E-state index in [9.17, 15) is 9.59 Å². The van der Waals surface area contributed by atoms with Gasteiger partial charge < -0.3 is 9.14 Å². The molecule has 0 aliphatic heterocycles. The summed E-state index contributed by atoms with van der Waals surface area (Å²) in [6, 6.07) is 12.8. The van der Waals surface area contributed by atoms with E-state index in [-0.39, 0.29) is 0 Å². The predicted octanol–water partition coefficient (Wildman–Crippen LogP) is 5.15. The number of ether oxygens (including phenoxy) is 1. The van der Waals surface area contributed by atoms with Crippen LogP contribution in [0.3, 0.4) is 0 Å². The summed E-state index contributed by atoms with van der Waals surface area (Å²) in [4.78, 5) is 26.1. The first kappa shape index (κ1) is 17.6. The number of para-hydroxylation sites is 1. The first-order valence-electron chi connectivity index (χ1n) is 8.66. The smallest absolute Gasteiger partial charge is 0.422 e. The van der Waals surface area contributed by atoms with Gasteiger partial charge in [0, 0.05) is 10.4 Å². The Balaban J connectivity index is 2.23. The van der Waals surface area contributed by atoms with E-state index in [2.05, 4.69) is 0 Å². The number of hydrogen-bond acceptors (Lipinski definition) is 3. The number of aromatic nitrogens is 2. The monoisotopic (exact) mass is 382 g/mol. The normalized spacial score (nSPS) is 12.2. The summed E-state index contributed by atoms with van der Waals surface area (Å²) in [5, 5.41) is 1.32. The zero-order valence-corrected chi connectivity index (χ0v) is 16.3. The van der Waals surface area contributed by atoms with Crippen LogP contribution in [0.25, 0.3) is 27.5 Å². The van der Waals surface area contributed by atoms with Gasteiger partial charge in [-0.25, -0.2) is 9.36 Å². The highest BCUT2D eigenvalue weighted by atomic mass is 35.5. The number of rotatable bonds is 0. The highest BCUT2D eigenvalue weighted by Gasteiger charge is 2.24. The van der Waals surface area contributed by atoms with Crippen molar-refractivity contribution in [2.75, 3.05) is 0 Å². The molecule has 6 heteroatoms. The molecule has 4 aromatic rings. The average Bonchev–Trinajstić information content (AvgIpc) is 2.95. The Morgan fingerprint density at radius 3 is 2.41 bits per heavy atom. The summed E-state index contributed by atoms with van der Waals surface area (Å²) in [5.41, 5.74) is 2.27. The Labute approximate surface area is 160 Å². The summed E-state index contributed by atoms with van der Waals surface area (Å²) < 4.78 is 8.46. The molecule has 0 unspecified atom stereocenters. The van der Waals surface area contributed by atoms with Crippen molar-refractivity contribution in [2.24, 2.45) is 0 Å². The molecule has 2 aromatic heterocycles. The minimum atomic E-state index is -0.713. The third kappa shape index (κ3) is 2.70. The minimum Gasteiger partial charge on any atom is -0.443 e. The molecule has 0 spiro atoms. The fourth-order valence-electron chi connectivity index (χ4n) is 3.42. The van der Waals surface area contributed by atoms with Crippen molar-refractivity contribution in [1.82, 2.24) is 8.97 Å². The fourth-order valence-corrected chi connectivity index (χ4v) is 3.64. The molecule has 2 heterocycles. The topological polar surface area (TPSA) is 52.7 Å². The molecule has 0 aliphatic carbocycles. The number of carbonyl (C=O) groups is 1. The molecule has 0 atom stereocenters. The van der Waals surface area contributed by atoms with E-state index in [1.54, 1.807) is 39.0 Å². The Morgan fingerprint density at radius 2 is 1.70 bits per heavy atom. The molecule has 0 saturated carbocycles. The van der Waals surface area contributed by atoms with Crippen LogP contribution >= 0.6 is 11.6 Å². The second kappa shape index (κ2) is 5.86. The maximum absolute atomic E-state index is 13.3. The van der Waals surface area contributed by atoms with Gasteiger partial charge in [0.15, 0.2) is 0 Å². The van der Waals surface area contributed by atoms with Gasteiger partial charge >= 0.3 is 6.09 Å². The van der Waals surface area contributed by atoms with Crippen molar-refractivity contribution in [3.63, 3.8) is 0 Å². The quantitative estimate of drug-likeness (QED) is 0.422. The average molecular weight is 383 g/mol. The Hall–Kier alpha value is -2.79. The Kier molecular flexibility index (Phi) is 3.82. The highest BCUT2D eigenvalue weighted by Crippen LogP contribution is 2.30. The summed E-state index contributed by atoms with van der Waals surface area (Å²) in [6.45, 7) is 7.26. The first-order chi connectivity index (χ1) is 12.7. The first-order valence-corrected chi connectivity index (χ1v) is 9.04. The Bertz CT molecular complexity index is 1290. The van der Waals surface area contributed by atoms with Crippen molar-refractivity contribution in [1.29, 1.82) is 0 Å². The van der Waals surface area contributed by atoms with Crippen molar-refractivity contribution < 1.29 is 9.53 Å². The minimum absolute atomic E-state index is 0.380. The number of nitrogens with zero attached hydrogens (tertiary/aromatic N) is 2. The number of benzene rings is 2. The van der Waals surface area contributed by atoms with Crippen LogP contribution in [0.5, 0.6) is 0 Å². The molecule has 0 fully saturated rings. The van der Waals surface area contributed by atoms with Gasteiger partial charge in [0.25, 0.3) is 5.56 Å². The molecule has 2 aromatic carbocycles. The van der Waals surface area contributed by atoms with Crippen molar-refractivity contribution in [3.8, 4) is 0 Å². The number of aryl methyl sites for hydroxylation is 1. The van der Waals surface area contributed by atoms with Crippen LogP contribution in [0.15, 0.2) is 47.3 Å². The summed E-state index contributed by atoms with van der Waals surface area (Å²) in [6.07, 6.45) is -0.693. The molecule has 0 aliphatic rings. The largest absolute Gasteiger partial charge is 0.443 e. The van der Waals surface area contributed by atoms with E-state index in [1.807, 2.05) is 35.6 Å². The van der Waals surface area contributed by atoms with Crippen molar-refractivity contribution in [2.45, 2.75) is 33.3 Å². The molecule has 27 heavy (non-hydrogen) atoms. The van der Waals surface area contributed by atoms with Crippen LogP contribution in [0.2, 0.25) is 5.02 Å². The Morgan fingerprint density at radius 1 is 1.04 bits per heavy atom. The van der Waals surface area contributed by atoms with Gasteiger partial charge in [0.05, 0.1) is 16.6 Å². The van der Waals surface area contributed by atoms with E-state index < -0.39 is 17.3 Å². The van der Waals surface area contributed by atoms with E-state index in [4.69, 9.17) is 16.3 Å². The van der Waals surface area contributed by atoms with Gasteiger partial charge in [-0.15, -0.1) is 0 Å². The molecule has 0 saturated heterocycles. The zero-order valence-electron chi connectivity index (χ0n) is 15.5. The second-order valence-electron chi connectivity index (χ2n) is 7.60. The van der Waals surface area contributed by atoms with E-state index >= 15 is 0 Å². The highest BCUT2D eigenvalue weighted by molar-refractivity contribution is 6.35. The summed E-state index contributed by atoms with van der Waals surface area (Å²) in [5.74, 6) is 0. The third-order valence-electron chi connectivity index (χ3n) is 4.47. The van der Waals surface area contributed by atoms with Crippen LogP contribution in [0.1, 0.15) is 26.3 Å². The van der Waals surface area contributed by atoms with Crippen LogP contribution in [-0.4, -0.2) is 20.7 Å². The van der Waals surface area contributed by atoms with Gasteiger partial charge in [0.1, 0.15) is 11.1 Å². The van der Waals surface area contributed by atoms with E-state index in [1.165, 1.54) is 0 Å². The maximum atomic E-state index is 13.3. The lowest BCUT2D eigenvalue weighted by Gasteiger charge is -2.21. The lowest BCUT2D eigenvalue weighted by atomic mass is 10.2. The maximum Gasteiger partial charge on any atom is 0.422 e. The van der Waals surface area contributed by atoms with Gasteiger partial charge in [-0.05, 0) is 57.5 Å². The van der Waals surface area contributed by atoms with Gasteiger partial charge in [0.2, 0.25) is 0 Å². The zero-order chi connectivity index (χ0) is 19.5. The summed E-state index contributed by atoms with van der Waals surface area (Å²) in [7, 11) is 0. The molecule has 0 radical (unpaired) electrons. The molecular formula is C21H19ClN2O3. The van der Waals surface area contributed by atoms with Crippen molar-refractivity contribution >= 4 is 45.1 Å². The van der Waals surface area contributed by atoms with Gasteiger partial charge in [-0.1, -0.05) is 29.8 Å². The molecule has 138 valence electrons. The molecular weight excluding hydrogens is 364 g/mol. The lowest BCUT2D eigenvalue weighted by Crippen LogP contribution is -2.34. The van der Waals surface area contributed by atoms with Crippen LogP contribution < -0.4 is 5.56 Å². The van der Waals surface area contributed by atoms with Gasteiger partial charge in [-0.3, -0.25) is 4.79 Å². The SMILES string of the molecule is Cc1cccc2c1n1c(cc3c(Cl)cccc31)c(=O)n2C(=O)OC(C)(C)C. The fraction of sp³-hybridized carbons (Fsp3) is 0.238. The number of fused-ring (bicyclic) bond motifs is 5. The standard InChI is InChI=1S/C21H19ClN2O3/c1-12-7-5-10-16-18(12)23-15-9-6-8-14(22)13(15)11-17(23)19(25)24(16)20(26)27-21(2,3)4/h5-11H,1-4H3. The van der Waals surface area contributed by atoms with Gasteiger partial charge in [-0.2, -0.15) is 0 Å². The van der Waals surface area contributed by atoms with E-state index in [0.29, 0.717) is 16.1 Å². The molecule has 0 amide bonds. The van der Waals surface area contributed by atoms with Crippen molar-refractivity contribution in [3.05, 3.63) is 63.4 Å².